The van der Waals surface area contributed by atoms with Gasteiger partial charge in [0, 0.05) is 13.1 Å². The van der Waals surface area contributed by atoms with E-state index in [1.807, 2.05) is 12.1 Å². The number of hydrogen-bond acceptors (Lipinski definition) is 4. The van der Waals surface area contributed by atoms with Crippen LogP contribution in [0.15, 0.2) is 41.8 Å². The van der Waals surface area contributed by atoms with Crippen LogP contribution < -0.4 is 0 Å². The van der Waals surface area contributed by atoms with Crippen molar-refractivity contribution >= 4 is 10.0 Å². The van der Waals surface area contributed by atoms with Crippen molar-refractivity contribution in [2.45, 2.75) is 50.0 Å². The molecule has 0 bridgehead atoms. The third-order valence-corrected chi connectivity index (χ3v) is 6.41. The molecule has 2 aromatic rings. The van der Waals surface area contributed by atoms with E-state index in [0.29, 0.717) is 18.0 Å². The van der Waals surface area contributed by atoms with Crippen molar-refractivity contribution in [3.63, 3.8) is 0 Å². The molecule has 1 aromatic carbocycles. The quantitative estimate of drug-likeness (QED) is 0.855. The number of rotatable bonds is 3. The fourth-order valence-electron chi connectivity index (χ4n) is 3.04. The summed E-state index contributed by atoms with van der Waals surface area (Å²) in [6.45, 7) is 7.33. The van der Waals surface area contributed by atoms with Crippen LogP contribution in [-0.2, 0) is 15.4 Å². The molecule has 6 nitrogen and oxygen atoms in total. The number of aromatic nitrogens is 3. The Morgan fingerprint density at radius 1 is 1.17 bits per heavy atom. The number of piperidine rings is 1. The van der Waals surface area contributed by atoms with Gasteiger partial charge < -0.3 is 0 Å². The van der Waals surface area contributed by atoms with Gasteiger partial charge in [0.15, 0.2) is 0 Å². The highest BCUT2D eigenvalue weighted by molar-refractivity contribution is 7.89. The van der Waals surface area contributed by atoms with Crippen molar-refractivity contribution in [2.24, 2.45) is 0 Å². The fraction of sp³-hybridized carbons (Fsp3) is 0.529. The van der Waals surface area contributed by atoms with Crippen LogP contribution in [0.25, 0.3) is 0 Å². The minimum absolute atomic E-state index is 0.00556. The van der Waals surface area contributed by atoms with E-state index < -0.39 is 10.0 Å². The van der Waals surface area contributed by atoms with Crippen molar-refractivity contribution < 1.29 is 8.42 Å². The van der Waals surface area contributed by atoms with E-state index >= 15 is 0 Å². The fourth-order valence-corrected chi connectivity index (χ4v) is 4.55. The first-order valence-electron chi connectivity index (χ1n) is 8.23. The Hall–Kier alpha value is -1.73. The number of benzene rings is 1. The summed E-state index contributed by atoms with van der Waals surface area (Å²) in [5.74, 6) is 0. The Labute approximate surface area is 143 Å². The van der Waals surface area contributed by atoms with Crippen molar-refractivity contribution in [1.82, 2.24) is 19.1 Å². The van der Waals surface area contributed by atoms with E-state index in [0.717, 1.165) is 18.4 Å². The molecule has 7 heteroatoms. The van der Waals surface area contributed by atoms with Crippen molar-refractivity contribution in [3.05, 3.63) is 42.5 Å². The Morgan fingerprint density at radius 3 is 2.46 bits per heavy atom. The molecule has 1 saturated heterocycles. The second kappa shape index (κ2) is 6.29. The largest absolute Gasteiger partial charge is 0.249 e. The third kappa shape index (κ3) is 3.37. The standard InChI is InChI=1S/C17H24N4O2S/c1-17(2,3)14-6-8-16(9-7-14)24(22,23)20-10-4-5-15(11-20)21-13-18-12-19-21/h6-9,12-13,15H,4-5,10-11H2,1-3H3/t15-/m0/s1. The average Bonchev–Trinajstić information content (AvgIpc) is 3.09. The van der Waals surface area contributed by atoms with Crippen LogP contribution in [0.5, 0.6) is 0 Å². The van der Waals surface area contributed by atoms with Gasteiger partial charge in [-0.15, -0.1) is 0 Å². The molecule has 1 aromatic heterocycles. The van der Waals surface area contributed by atoms with E-state index in [4.69, 9.17) is 0 Å². The third-order valence-electron chi connectivity index (χ3n) is 4.53. The van der Waals surface area contributed by atoms with Gasteiger partial charge in [-0.05, 0) is 36.0 Å². The van der Waals surface area contributed by atoms with Gasteiger partial charge in [-0.2, -0.15) is 9.40 Å². The van der Waals surface area contributed by atoms with E-state index in [2.05, 4.69) is 30.9 Å². The molecule has 1 aliphatic heterocycles. The minimum atomic E-state index is -3.48. The van der Waals surface area contributed by atoms with Crippen LogP contribution in [0.4, 0.5) is 0 Å². The smallest absolute Gasteiger partial charge is 0.243 e. The molecule has 0 unspecified atom stereocenters. The van der Waals surface area contributed by atoms with Crippen LogP contribution in [0.2, 0.25) is 0 Å². The molecule has 1 fully saturated rings. The van der Waals surface area contributed by atoms with Crippen molar-refractivity contribution in [1.29, 1.82) is 0 Å². The Kier molecular flexibility index (Phi) is 4.48. The predicted octanol–water partition coefficient (Wildman–Crippen LogP) is 2.60. The summed E-state index contributed by atoms with van der Waals surface area (Å²) in [5.41, 5.74) is 1.13. The number of nitrogens with zero attached hydrogens (tertiary/aromatic N) is 4. The summed E-state index contributed by atoms with van der Waals surface area (Å²) >= 11 is 0. The average molecular weight is 348 g/mol. The first-order valence-corrected chi connectivity index (χ1v) is 9.67. The molecule has 2 heterocycles. The highest BCUT2D eigenvalue weighted by Crippen LogP contribution is 2.28. The van der Waals surface area contributed by atoms with Crippen LogP contribution in [0, 0.1) is 0 Å². The zero-order valence-electron chi connectivity index (χ0n) is 14.4. The molecule has 0 N–H and O–H groups in total. The summed E-state index contributed by atoms with van der Waals surface area (Å²) in [5, 5.41) is 4.15. The lowest BCUT2D eigenvalue weighted by molar-refractivity contribution is 0.253. The molecule has 130 valence electrons. The highest BCUT2D eigenvalue weighted by Gasteiger charge is 2.31. The monoisotopic (exact) mass is 348 g/mol. The molecule has 0 radical (unpaired) electrons. The maximum atomic E-state index is 12.9. The summed E-state index contributed by atoms with van der Waals surface area (Å²) in [6, 6.07) is 7.30. The zero-order chi connectivity index (χ0) is 17.4. The molecule has 0 aliphatic carbocycles. The van der Waals surface area contributed by atoms with Gasteiger partial charge in [-0.3, -0.25) is 0 Å². The maximum Gasteiger partial charge on any atom is 0.243 e. The molecule has 24 heavy (non-hydrogen) atoms. The van der Waals surface area contributed by atoms with Crippen LogP contribution in [0.3, 0.4) is 0 Å². The summed E-state index contributed by atoms with van der Waals surface area (Å²) in [7, 11) is -3.48. The van der Waals surface area contributed by atoms with E-state index in [9.17, 15) is 8.42 Å². The molecule has 1 atom stereocenters. The van der Waals surface area contributed by atoms with Crippen molar-refractivity contribution in [3.8, 4) is 0 Å². The first-order chi connectivity index (χ1) is 11.3. The lowest BCUT2D eigenvalue weighted by atomic mass is 9.87. The van der Waals surface area contributed by atoms with Crippen molar-refractivity contribution in [2.75, 3.05) is 13.1 Å². The summed E-state index contributed by atoms with van der Waals surface area (Å²) in [6.07, 6.45) is 4.87. The predicted molar refractivity (Wildman–Crippen MR) is 92.2 cm³/mol. The van der Waals surface area contributed by atoms with Gasteiger partial charge in [0.2, 0.25) is 10.0 Å². The molecular formula is C17H24N4O2S. The molecule has 0 spiro atoms. The SMILES string of the molecule is CC(C)(C)c1ccc(S(=O)(=O)N2CCC[C@H](n3cncn3)C2)cc1. The van der Waals surface area contributed by atoms with E-state index in [1.165, 1.54) is 6.33 Å². The maximum absolute atomic E-state index is 12.9. The molecule has 0 amide bonds. The lowest BCUT2D eigenvalue weighted by Crippen LogP contribution is -2.40. The topological polar surface area (TPSA) is 68.1 Å². The van der Waals surface area contributed by atoms with Crippen LogP contribution in [-0.4, -0.2) is 40.6 Å². The Morgan fingerprint density at radius 2 is 1.88 bits per heavy atom. The van der Waals surface area contributed by atoms with Gasteiger partial charge in [0.05, 0.1) is 10.9 Å². The zero-order valence-corrected chi connectivity index (χ0v) is 15.2. The second-order valence-corrected chi connectivity index (χ2v) is 9.25. The summed E-state index contributed by atoms with van der Waals surface area (Å²) < 4.78 is 29.2. The molecular weight excluding hydrogens is 324 g/mol. The number of sulfonamides is 1. The highest BCUT2D eigenvalue weighted by atomic mass is 32.2. The van der Waals surface area contributed by atoms with Gasteiger partial charge in [-0.25, -0.2) is 18.1 Å². The van der Waals surface area contributed by atoms with Gasteiger partial charge in [-0.1, -0.05) is 32.9 Å². The van der Waals surface area contributed by atoms with E-state index in [1.54, 1.807) is 27.4 Å². The molecule has 3 rings (SSSR count). The van der Waals surface area contributed by atoms with Crippen LogP contribution >= 0.6 is 0 Å². The normalized spacial score (nSPS) is 20.2. The molecule has 0 saturated carbocycles. The minimum Gasteiger partial charge on any atom is -0.249 e. The van der Waals surface area contributed by atoms with Gasteiger partial charge >= 0.3 is 0 Å². The molecule has 1 aliphatic rings. The Bertz CT molecular complexity index is 777. The summed E-state index contributed by atoms with van der Waals surface area (Å²) in [4.78, 5) is 4.32. The Balaban J connectivity index is 1.82. The van der Waals surface area contributed by atoms with Gasteiger partial charge in [0.25, 0.3) is 0 Å². The second-order valence-electron chi connectivity index (χ2n) is 7.31. The van der Waals surface area contributed by atoms with Crippen LogP contribution in [0.1, 0.15) is 45.2 Å². The lowest BCUT2D eigenvalue weighted by Gasteiger charge is -2.31. The van der Waals surface area contributed by atoms with E-state index in [-0.39, 0.29) is 11.5 Å². The van der Waals surface area contributed by atoms with Gasteiger partial charge in [0.1, 0.15) is 12.7 Å². The first kappa shape index (κ1) is 17.1. The number of hydrogen-bond donors (Lipinski definition) is 0.